The second-order valence-electron chi connectivity index (χ2n) is 4.60. The Morgan fingerprint density at radius 1 is 1.21 bits per heavy atom. The molecule has 24 heavy (non-hydrogen) atoms. The molecule has 0 heterocycles. The molecule has 0 fully saturated rings. The summed E-state index contributed by atoms with van der Waals surface area (Å²) >= 11 is 5.67. The van der Waals surface area contributed by atoms with Gasteiger partial charge in [-0.15, -0.1) is 0 Å². The Bertz CT molecular complexity index is 807. The molecule has 0 aliphatic carbocycles. The average Bonchev–Trinajstić information content (AvgIpc) is 2.48. The van der Waals surface area contributed by atoms with Crippen LogP contribution in [0.1, 0.15) is 15.9 Å². The fraction of sp³-hybridized carbons (Fsp3) is 0.0714. The van der Waals surface area contributed by atoms with Crippen LogP contribution in [0.15, 0.2) is 36.4 Å². The Balaban J connectivity index is 2.43. The second-order valence-corrected chi connectivity index (χ2v) is 5.04. The molecule has 0 unspecified atom stereocenters. The van der Waals surface area contributed by atoms with Crippen LogP contribution in [0.3, 0.4) is 0 Å². The van der Waals surface area contributed by atoms with E-state index in [1.54, 1.807) is 0 Å². The number of benzene rings is 2. The van der Waals surface area contributed by atoms with Crippen molar-refractivity contribution in [2.24, 2.45) is 0 Å². The predicted molar refractivity (Wildman–Crippen MR) is 79.2 cm³/mol. The maximum absolute atomic E-state index is 12.8. The van der Waals surface area contributed by atoms with E-state index in [1.165, 1.54) is 24.3 Å². The number of phenols is 1. The summed E-state index contributed by atoms with van der Waals surface area (Å²) < 4.78 is 38.3. The topological polar surface area (TPSA) is 92.5 Å². The second kappa shape index (κ2) is 6.36. The van der Waals surface area contributed by atoms with Crippen LogP contribution in [0, 0.1) is 10.1 Å². The van der Waals surface area contributed by atoms with E-state index in [4.69, 9.17) is 11.6 Å². The van der Waals surface area contributed by atoms with Crippen LogP contribution >= 0.6 is 11.6 Å². The molecule has 10 heteroatoms. The van der Waals surface area contributed by atoms with Gasteiger partial charge in [-0.3, -0.25) is 14.9 Å². The average molecular weight is 361 g/mol. The molecule has 1 amide bonds. The van der Waals surface area contributed by atoms with Gasteiger partial charge in [-0.2, -0.15) is 13.2 Å². The molecule has 0 atom stereocenters. The fourth-order valence-corrected chi connectivity index (χ4v) is 1.99. The third kappa shape index (κ3) is 3.74. The molecule has 0 saturated heterocycles. The Hall–Kier alpha value is -2.81. The number of halogens is 4. The van der Waals surface area contributed by atoms with Crippen molar-refractivity contribution >= 4 is 28.9 Å². The van der Waals surface area contributed by atoms with Gasteiger partial charge in [0.1, 0.15) is 11.3 Å². The number of nitro groups is 1. The van der Waals surface area contributed by atoms with Crippen molar-refractivity contribution in [1.29, 1.82) is 0 Å². The highest BCUT2D eigenvalue weighted by molar-refractivity contribution is 6.30. The lowest BCUT2D eigenvalue weighted by atomic mass is 10.1. The fourth-order valence-electron chi connectivity index (χ4n) is 1.87. The van der Waals surface area contributed by atoms with Crippen LogP contribution in [0.2, 0.25) is 5.02 Å². The van der Waals surface area contributed by atoms with Crippen molar-refractivity contribution in [2.45, 2.75) is 6.18 Å². The molecule has 0 spiro atoms. The van der Waals surface area contributed by atoms with Crippen molar-refractivity contribution in [3.05, 3.63) is 62.7 Å². The zero-order chi connectivity index (χ0) is 18.1. The van der Waals surface area contributed by atoms with E-state index < -0.39 is 39.6 Å². The number of carbonyl (C=O) groups is 1. The number of phenolic OH excluding ortho intramolecular Hbond substituents is 1. The van der Waals surface area contributed by atoms with Crippen LogP contribution in [-0.2, 0) is 6.18 Å². The highest BCUT2D eigenvalue weighted by Gasteiger charge is 2.40. The van der Waals surface area contributed by atoms with Gasteiger partial charge in [0.2, 0.25) is 0 Å². The minimum Gasteiger partial charge on any atom is -0.507 e. The van der Waals surface area contributed by atoms with Gasteiger partial charge in [-0.1, -0.05) is 11.6 Å². The molecule has 0 saturated carbocycles. The molecule has 6 nitrogen and oxygen atoms in total. The standard InChI is InChI=1S/C14H8ClF3N2O4/c15-7-1-3-8(4-2-7)19-13(22)9-5-11(20(23)24)10(6-12(9)21)14(16,17)18/h1-6,21H,(H,19,22). The van der Waals surface area contributed by atoms with E-state index in [-0.39, 0.29) is 11.8 Å². The molecule has 2 aromatic carbocycles. The Kier molecular flexibility index (Phi) is 4.65. The molecule has 2 rings (SSSR count). The molecule has 2 aromatic rings. The smallest absolute Gasteiger partial charge is 0.423 e. The quantitative estimate of drug-likeness (QED) is 0.633. The third-order valence-electron chi connectivity index (χ3n) is 2.96. The van der Waals surface area contributed by atoms with Gasteiger partial charge in [0.25, 0.3) is 11.6 Å². The number of carbonyl (C=O) groups excluding carboxylic acids is 1. The largest absolute Gasteiger partial charge is 0.507 e. The number of hydrogen-bond acceptors (Lipinski definition) is 4. The SMILES string of the molecule is O=C(Nc1ccc(Cl)cc1)c1cc([N+](=O)[O-])c(C(F)(F)F)cc1O. The number of nitrogens with zero attached hydrogens (tertiary/aromatic N) is 1. The summed E-state index contributed by atoms with van der Waals surface area (Å²) in [5.41, 5.74) is -3.40. The van der Waals surface area contributed by atoms with Gasteiger partial charge in [-0.25, -0.2) is 0 Å². The summed E-state index contributed by atoms with van der Waals surface area (Å²) in [5, 5.41) is 23.2. The maximum atomic E-state index is 12.8. The summed E-state index contributed by atoms with van der Waals surface area (Å²) in [5.74, 6) is -2.04. The lowest BCUT2D eigenvalue weighted by molar-refractivity contribution is -0.388. The Morgan fingerprint density at radius 2 is 1.79 bits per heavy atom. The van der Waals surface area contributed by atoms with Crippen molar-refractivity contribution in [3.8, 4) is 5.75 Å². The zero-order valence-corrected chi connectivity index (χ0v) is 12.4. The van der Waals surface area contributed by atoms with Gasteiger partial charge >= 0.3 is 6.18 Å². The van der Waals surface area contributed by atoms with Gasteiger partial charge in [-0.05, 0) is 30.3 Å². The third-order valence-corrected chi connectivity index (χ3v) is 3.21. The van der Waals surface area contributed by atoms with Crippen LogP contribution in [-0.4, -0.2) is 15.9 Å². The molecular weight excluding hydrogens is 353 g/mol. The van der Waals surface area contributed by atoms with E-state index >= 15 is 0 Å². The molecule has 0 radical (unpaired) electrons. The predicted octanol–water partition coefficient (Wildman–Crippen LogP) is 4.22. The molecule has 0 bridgehead atoms. The maximum Gasteiger partial charge on any atom is 0.423 e. The highest BCUT2D eigenvalue weighted by Crippen LogP contribution is 2.39. The molecule has 126 valence electrons. The monoisotopic (exact) mass is 360 g/mol. The zero-order valence-electron chi connectivity index (χ0n) is 11.6. The number of nitrogens with one attached hydrogen (secondary N) is 1. The summed E-state index contributed by atoms with van der Waals surface area (Å²) in [6.45, 7) is 0. The number of aromatic hydroxyl groups is 1. The first kappa shape index (κ1) is 17.5. The highest BCUT2D eigenvalue weighted by atomic mass is 35.5. The normalized spacial score (nSPS) is 11.2. The number of rotatable bonds is 3. The van der Waals surface area contributed by atoms with Gasteiger partial charge in [0.05, 0.1) is 10.5 Å². The number of amides is 1. The van der Waals surface area contributed by atoms with E-state index in [9.17, 15) is 33.2 Å². The van der Waals surface area contributed by atoms with Gasteiger partial charge in [0.15, 0.2) is 0 Å². The van der Waals surface area contributed by atoms with Gasteiger partial charge < -0.3 is 10.4 Å². The van der Waals surface area contributed by atoms with Crippen LogP contribution < -0.4 is 5.32 Å². The number of nitro benzene ring substituents is 1. The number of hydrogen-bond donors (Lipinski definition) is 2. The Labute approximate surface area is 137 Å². The van der Waals surface area contributed by atoms with Crippen molar-refractivity contribution in [2.75, 3.05) is 5.32 Å². The first-order chi connectivity index (χ1) is 11.1. The van der Waals surface area contributed by atoms with Crippen LogP contribution in [0.4, 0.5) is 24.5 Å². The molecule has 0 aliphatic rings. The number of anilines is 1. The Morgan fingerprint density at radius 3 is 2.29 bits per heavy atom. The summed E-state index contributed by atoms with van der Waals surface area (Å²) in [4.78, 5) is 21.6. The molecule has 0 aliphatic heterocycles. The van der Waals surface area contributed by atoms with E-state index in [0.29, 0.717) is 11.1 Å². The van der Waals surface area contributed by atoms with E-state index in [0.717, 1.165) is 0 Å². The van der Waals surface area contributed by atoms with Crippen LogP contribution in [0.5, 0.6) is 5.75 Å². The molecule has 2 N–H and O–H groups in total. The minimum atomic E-state index is -5.05. The number of alkyl halides is 3. The van der Waals surface area contributed by atoms with E-state index in [1.807, 2.05) is 0 Å². The van der Waals surface area contributed by atoms with Crippen LogP contribution in [0.25, 0.3) is 0 Å². The summed E-state index contributed by atoms with van der Waals surface area (Å²) in [7, 11) is 0. The lowest BCUT2D eigenvalue weighted by Crippen LogP contribution is -2.15. The van der Waals surface area contributed by atoms with Crippen molar-refractivity contribution in [3.63, 3.8) is 0 Å². The summed E-state index contributed by atoms with van der Waals surface area (Å²) in [6.07, 6.45) is -5.05. The first-order valence-corrected chi connectivity index (χ1v) is 6.63. The summed E-state index contributed by atoms with van der Waals surface area (Å²) in [6, 6.07) is 6.25. The van der Waals surface area contributed by atoms with E-state index in [2.05, 4.69) is 5.32 Å². The first-order valence-electron chi connectivity index (χ1n) is 6.25. The lowest BCUT2D eigenvalue weighted by Gasteiger charge is -2.11. The molecule has 0 aromatic heterocycles. The van der Waals surface area contributed by atoms with Crippen molar-refractivity contribution in [1.82, 2.24) is 0 Å². The minimum absolute atomic E-state index is 0.148. The molecular formula is C14H8ClF3N2O4. The van der Waals surface area contributed by atoms with Gasteiger partial charge in [0, 0.05) is 16.8 Å². The van der Waals surface area contributed by atoms with Crippen molar-refractivity contribution < 1.29 is 28.0 Å².